The fraction of sp³-hybridized carbons (Fsp3) is 0.286. The Kier molecular flexibility index (Phi) is 4.59. The van der Waals surface area contributed by atoms with Crippen LogP contribution in [0.5, 0.6) is 11.5 Å². The first-order valence-electron chi connectivity index (χ1n) is 9.57. The van der Waals surface area contributed by atoms with Gasteiger partial charge in [-0.2, -0.15) is 0 Å². The van der Waals surface area contributed by atoms with Crippen LogP contribution in [0.15, 0.2) is 45.7 Å². The van der Waals surface area contributed by atoms with Gasteiger partial charge in [-0.15, -0.1) is 11.3 Å². The zero-order valence-electron chi connectivity index (χ0n) is 16.4. The van der Waals surface area contributed by atoms with Crippen molar-refractivity contribution in [2.24, 2.45) is 4.99 Å². The second-order valence-corrected chi connectivity index (χ2v) is 10.7. The predicted molar refractivity (Wildman–Crippen MR) is 115 cm³/mol. The van der Waals surface area contributed by atoms with Crippen LogP contribution in [0.1, 0.15) is 30.3 Å². The molecule has 2 aliphatic heterocycles. The minimum atomic E-state index is -3.31. The molecule has 0 spiro atoms. The van der Waals surface area contributed by atoms with Gasteiger partial charge in [-0.3, -0.25) is 0 Å². The number of sulfone groups is 1. The van der Waals surface area contributed by atoms with Crippen LogP contribution in [0.4, 0.5) is 5.82 Å². The lowest BCUT2D eigenvalue weighted by atomic mass is 10.0. The summed E-state index contributed by atoms with van der Waals surface area (Å²) in [6, 6.07) is 6.77. The Bertz CT molecular complexity index is 1250. The van der Waals surface area contributed by atoms with Gasteiger partial charge in [0, 0.05) is 17.2 Å². The molecule has 0 N–H and O–H groups in total. The second-order valence-electron chi connectivity index (χ2n) is 7.33. The van der Waals surface area contributed by atoms with Crippen molar-refractivity contribution in [3.8, 4) is 22.8 Å². The normalized spacial score (nSPS) is 17.4. The Morgan fingerprint density at radius 2 is 1.90 bits per heavy atom. The van der Waals surface area contributed by atoms with Gasteiger partial charge in [0.1, 0.15) is 13.2 Å². The Balaban J connectivity index is 1.49. The average molecular weight is 442 g/mol. The number of nitrogens with zero attached hydrogens (tertiary/aromatic N) is 3. The maximum absolute atomic E-state index is 12.4. The van der Waals surface area contributed by atoms with E-state index in [1.807, 2.05) is 11.6 Å². The van der Waals surface area contributed by atoms with Crippen molar-refractivity contribution in [1.82, 2.24) is 9.97 Å². The number of benzene rings is 1. The van der Waals surface area contributed by atoms with Gasteiger partial charge in [-0.05, 0) is 26.0 Å². The summed E-state index contributed by atoms with van der Waals surface area (Å²) in [6.45, 7) is 4.41. The molecular weight excluding hydrogens is 422 g/mol. The van der Waals surface area contributed by atoms with Crippen LogP contribution in [0, 0.1) is 0 Å². The number of hydrogen-bond acceptors (Lipinski definition) is 8. The van der Waals surface area contributed by atoms with Crippen LogP contribution >= 0.6 is 11.3 Å². The molecule has 3 aromatic rings. The van der Waals surface area contributed by atoms with E-state index in [1.165, 1.54) is 0 Å². The molecular formula is C21H19N3O4S2. The fourth-order valence-electron chi connectivity index (χ4n) is 3.44. The lowest BCUT2D eigenvalue weighted by molar-refractivity contribution is 0.172. The average Bonchev–Trinajstić information content (AvgIpc) is 3.37. The van der Waals surface area contributed by atoms with E-state index >= 15 is 0 Å². The van der Waals surface area contributed by atoms with Crippen LogP contribution < -0.4 is 9.47 Å². The van der Waals surface area contributed by atoms with Crippen LogP contribution in [0.3, 0.4) is 0 Å². The summed E-state index contributed by atoms with van der Waals surface area (Å²) in [7, 11) is -3.31. The van der Waals surface area contributed by atoms with E-state index < -0.39 is 15.1 Å². The molecule has 0 amide bonds. The second kappa shape index (κ2) is 7.17. The van der Waals surface area contributed by atoms with E-state index in [1.54, 1.807) is 55.6 Å². The van der Waals surface area contributed by atoms with Gasteiger partial charge in [0.05, 0.1) is 38.5 Å². The first-order chi connectivity index (χ1) is 14.4. The highest BCUT2D eigenvalue weighted by Gasteiger charge is 2.31. The molecule has 7 nitrogen and oxygen atoms in total. The molecule has 9 heteroatoms. The summed E-state index contributed by atoms with van der Waals surface area (Å²) < 4.78 is 36.2. The van der Waals surface area contributed by atoms with Crippen LogP contribution in [0.25, 0.3) is 11.3 Å². The molecule has 0 fully saturated rings. The van der Waals surface area contributed by atoms with Crippen molar-refractivity contribution in [1.29, 1.82) is 0 Å². The number of thiophene rings is 1. The van der Waals surface area contributed by atoms with E-state index in [9.17, 15) is 8.42 Å². The number of fused-ring (bicyclic) bond motifs is 2. The zero-order chi connectivity index (χ0) is 20.9. The summed E-state index contributed by atoms with van der Waals surface area (Å²) in [5, 5.41) is 1.48. The molecule has 2 aliphatic rings. The molecule has 30 heavy (non-hydrogen) atoms. The van der Waals surface area contributed by atoms with Gasteiger partial charge in [0.15, 0.2) is 27.2 Å². The Labute approximate surface area is 178 Å². The molecule has 2 aromatic heterocycles. The summed E-state index contributed by atoms with van der Waals surface area (Å²) in [4.78, 5) is 15.0. The number of aliphatic imine (C=N–C) groups is 1. The largest absolute Gasteiger partial charge is 0.485 e. The van der Waals surface area contributed by atoms with Crippen molar-refractivity contribution >= 4 is 33.2 Å². The monoisotopic (exact) mass is 441 g/mol. The highest BCUT2D eigenvalue weighted by molar-refractivity contribution is 7.92. The quantitative estimate of drug-likeness (QED) is 0.608. The highest BCUT2D eigenvalue weighted by Crippen LogP contribution is 2.47. The minimum absolute atomic E-state index is 0.150. The van der Waals surface area contributed by atoms with Crippen LogP contribution in [-0.2, 0) is 9.84 Å². The Morgan fingerprint density at radius 3 is 2.67 bits per heavy atom. The summed E-state index contributed by atoms with van der Waals surface area (Å²) in [5.41, 5.74) is 2.22. The molecule has 0 radical (unpaired) electrons. The summed E-state index contributed by atoms with van der Waals surface area (Å²) >= 11 is 1.56. The van der Waals surface area contributed by atoms with Crippen molar-refractivity contribution in [3.05, 3.63) is 46.4 Å². The van der Waals surface area contributed by atoms with Gasteiger partial charge in [0.2, 0.25) is 0 Å². The van der Waals surface area contributed by atoms with E-state index in [4.69, 9.17) is 14.5 Å². The molecule has 0 bridgehead atoms. The number of hydrogen-bond donors (Lipinski definition) is 0. The minimum Gasteiger partial charge on any atom is -0.485 e. The van der Waals surface area contributed by atoms with Gasteiger partial charge in [-0.1, -0.05) is 12.1 Å². The highest BCUT2D eigenvalue weighted by atomic mass is 32.2. The molecule has 1 atom stereocenters. The molecule has 0 aliphatic carbocycles. The smallest absolute Gasteiger partial charge is 0.180 e. The first-order valence-corrected chi connectivity index (χ1v) is 12.0. The van der Waals surface area contributed by atoms with Gasteiger partial charge in [0.25, 0.3) is 0 Å². The van der Waals surface area contributed by atoms with E-state index in [-0.39, 0.29) is 5.92 Å². The third-order valence-corrected chi connectivity index (χ3v) is 8.32. The van der Waals surface area contributed by atoms with E-state index in [2.05, 4.69) is 9.98 Å². The molecule has 1 aromatic carbocycles. The molecule has 154 valence electrons. The summed E-state index contributed by atoms with van der Waals surface area (Å²) in [6.07, 6.45) is 3.49. The number of aromatic nitrogens is 2. The molecule has 4 heterocycles. The standard InChI is InChI=1S/C21H19N3O4S2/c1-12(2)30(25,26)14-5-3-13(4-6-14)16-10-23-21-18(24-16)15(9-22-21)20-19-17(11-29-20)27-7-8-28-19/h3-6,9-12,15H,7-8H2,1-2H3. The van der Waals surface area contributed by atoms with Gasteiger partial charge in [-0.25, -0.2) is 23.4 Å². The lowest BCUT2D eigenvalue weighted by Crippen LogP contribution is -2.15. The maximum atomic E-state index is 12.4. The Morgan fingerprint density at radius 1 is 1.13 bits per heavy atom. The third-order valence-electron chi connectivity index (χ3n) is 5.13. The van der Waals surface area contributed by atoms with Crippen molar-refractivity contribution in [2.45, 2.75) is 29.9 Å². The summed E-state index contributed by atoms with van der Waals surface area (Å²) in [5.74, 6) is 1.95. The van der Waals surface area contributed by atoms with E-state index in [0.29, 0.717) is 29.6 Å². The van der Waals surface area contributed by atoms with Crippen molar-refractivity contribution < 1.29 is 17.9 Å². The van der Waals surface area contributed by atoms with Crippen molar-refractivity contribution in [2.75, 3.05) is 13.2 Å². The van der Waals surface area contributed by atoms with Crippen LogP contribution in [-0.4, -0.2) is 43.1 Å². The van der Waals surface area contributed by atoms with Gasteiger partial charge < -0.3 is 9.47 Å². The Hall–Kier alpha value is -2.78. The number of rotatable bonds is 4. The predicted octanol–water partition coefficient (Wildman–Crippen LogP) is 4.01. The SMILES string of the molecule is CC(C)S(=O)(=O)c1ccc(-c2cnc3c(n2)C(c2scc4c2OCCO4)C=N3)cc1. The fourth-order valence-corrected chi connectivity index (χ4v) is 5.49. The molecule has 0 saturated carbocycles. The first kappa shape index (κ1) is 19.2. The van der Waals surface area contributed by atoms with Gasteiger partial charge >= 0.3 is 0 Å². The third kappa shape index (κ3) is 3.09. The van der Waals surface area contributed by atoms with E-state index in [0.717, 1.165) is 27.6 Å². The van der Waals surface area contributed by atoms with Crippen LogP contribution in [0.2, 0.25) is 0 Å². The molecule has 0 saturated heterocycles. The maximum Gasteiger partial charge on any atom is 0.180 e. The molecule has 5 rings (SSSR count). The molecule has 1 unspecified atom stereocenters. The zero-order valence-corrected chi connectivity index (χ0v) is 18.0. The van der Waals surface area contributed by atoms with Crippen molar-refractivity contribution in [3.63, 3.8) is 0 Å². The topological polar surface area (TPSA) is 90.7 Å². The number of ether oxygens (including phenoxy) is 2. The lowest BCUT2D eigenvalue weighted by Gasteiger charge is -2.17.